The van der Waals surface area contributed by atoms with Crippen molar-refractivity contribution in [3.8, 4) is 17.2 Å². The molecule has 6 nitrogen and oxygen atoms in total. The van der Waals surface area contributed by atoms with E-state index in [-0.39, 0.29) is 30.0 Å². The lowest BCUT2D eigenvalue weighted by atomic mass is 10.1. The minimum absolute atomic E-state index is 0. The molecule has 0 aliphatic carbocycles. The van der Waals surface area contributed by atoms with Crippen LogP contribution in [0.5, 0.6) is 17.2 Å². The molecule has 0 aromatic heterocycles. The Balaban J connectivity index is 0.00000450. The third-order valence-corrected chi connectivity index (χ3v) is 4.51. The fraction of sp³-hybridized carbons (Fsp3) is 0.381. The fourth-order valence-corrected chi connectivity index (χ4v) is 2.89. The van der Waals surface area contributed by atoms with Gasteiger partial charge in [-0.2, -0.15) is 0 Å². The highest BCUT2D eigenvalue weighted by atomic mass is 127. The summed E-state index contributed by atoms with van der Waals surface area (Å²) in [5, 5.41) is 6.36. The van der Waals surface area contributed by atoms with Gasteiger partial charge in [0.05, 0.1) is 27.4 Å². The van der Waals surface area contributed by atoms with E-state index < -0.39 is 11.6 Å². The zero-order valence-corrected chi connectivity index (χ0v) is 20.0. The van der Waals surface area contributed by atoms with Crippen LogP contribution < -0.4 is 24.8 Å². The summed E-state index contributed by atoms with van der Waals surface area (Å²) in [5.41, 5.74) is 1.51. The second kappa shape index (κ2) is 12.4. The topological polar surface area (TPSA) is 64.1 Å². The molecule has 2 rings (SSSR count). The van der Waals surface area contributed by atoms with E-state index in [9.17, 15) is 8.78 Å². The number of nitrogens with one attached hydrogen (secondary N) is 2. The summed E-state index contributed by atoms with van der Waals surface area (Å²) in [7, 11) is 6.41. The van der Waals surface area contributed by atoms with Gasteiger partial charge in [0.25, 0.3) is 0 Å². The lowest BCUT2D eigenvalue weighted by Gasteiger charge is -2.19. The molecule has 0 aliphatic heterocycles. The van der Waals surface area contributed by atoms with Crippen molar-refractivity contribution in [1.82, 2.24) is 10.6 Å². The van der Waals surface area contributed by atoms with Gasteiger partial charge in [-0.1, -0.05) is 6.07 Å². The summed E-state index contributed by atoms with van der Waals surface area (Å²) in [6, 6.07) is 7.17. The van der Waals surface area contributed by atoms with Crippen molar-refractivity contribution in [2.75, 3.05) is 34.9 Å². The van der Waals surface area contributed by atoms with Gasteiger partial charge in [-0.05, 0) is 31.0 Å². The summed E-state index contributed by atoms with van der Waals surface area (Å²) >= 11 is 0. The summed E-state index contributed by atoms with van der Waals surface area (Å²) in [6.07, 6.45) is 0.608. The van der Waals surface area contributed by atoms with Crippen molar-refractivity contribution in [3.63, 3.8) is 0 Å². The fourth-order valence-electron chi connectivity index (χ4n) is 2.89. The second-order valence-corrected chi connectivity index (χ2v) is 6.30. The highest BCUT2D eigenvalue weighted by Crippen LogP contribution is 2.34. The molecule has 9 heteroatoms. The van der Waals surface area contributed by atoms with Crippen LogP contribution in [0.25, 0.3) is 0 Å². The Bertz CT molecular complexity index is 840. The third-order valence-electron chi connectivity index (χ3n) is 4.51. The van der Waals surface area contributed by atoms with Crippen LogP contribution in [-0.4, -0.2) is 40.9 Å². The number of benzene rings is 2. The Morgan fingerprint density at radius 1 is 1.00 bits per heavy atom. The molecule has 30 heavy (non-hydrogen) atoms. The molecule has 1 unspecified atom stereocenters. The molecule has 1 atom stereocenters. The van der Waals surface area contributed by atoms with E-state index in [1.54, 1.807) is 40.5 Å². The maximum atomic E-state index is 13.5. The van der Waals surface area contributed by atoms with Gasteiger partial charge in [0.1, 0.15) is 17.2 Å². The van der Waals surface area contributed by atoms with Gasteiger partial charge in [-0.3, -0.25) is 4.99 Å². The molecule has 0 amide bonds. The summed E-state index contributed by atoms with van der Waals surface area (Å²) in [5.74, 6) is 0.771. The first-order valence-electron chi connectivity index (χ1n) is 9.14. The first-order valence-corrected chi connectivity index (χ1v) is 9.14. The smallest absolute Gasteiger partial charge is 0.191 e. The number of hydrogen-bond acceptors (Lipinski definition) is 4. The molecule has 0 bridgehead atoms. The van der Waals surface area contributed by atoms with Gasteiger partial charge < -0.3 is 24.8 Å². The van der Waals surface area contributed by atoms with Crippen LogP contribution in [0, 0.1) is 11.6 Å². The summed E-state index contributed by atoms with van der Waals surface area (Å²) in [4.78, 5) is 4.18. The van der Waals surface area contributed by atoms with E-state index in [1.807, 2.05) is 6.92 Å². The number of ether oxygens (including phenoxy) is 3. The number of halogens is 3. The predicted molar refractivity (Wildman–Crippen MR) is 124 cm³/mol. The number of aliphatic imine (C=N–C) groups is 1. The van der Waals surface area contributed by atoms with Crippen molar-refractivity contribution in [1.29, 1.82) is 0 Å². The average molecular weight is 535 g/mol. The van der Waals surface area contributed by atoms with Crippen LogP contribution in [-0.2, 0) is 6.42 Å². The lowest BCUT2D eigenvalue weighted by Crippen LogP contribution is -2.39. The molecular weight excluding hydrogens is 507 g/mol. The van der Waals surface area contributed by atoms with Crippen molar-refractivity contribution in [2.45, 2.75) is 19.4 Å². The van der Waals surface area contributed by atoms with Crippen LogP contribution in [0.2, 0.25) is 0 Å². The van der Waals surface area contributed by atoms with E-state index in [1.165, 1.54) is 12.1 Å². The highest BCUT2D eigenvalue weighted by molar-refractivity contribution is 14.0. The molecule has 2 aromatic carbocycles. The van der Waals surface area contributed by atoms with Gasteiger partial charge in [0, 0.05) is 31.3 Å². The van der Waals surface area contributed by atoms with Crippen molar-refractivity contribution >= 4 is 29.9 Å². The minimum Gasteiger partial charge on any atom is -0.496 e. The van der Waals surface area contributed by atoms with Gasteiger partial charge in [-0.15, -0.1) is 24.0 Å². The Morgan fingerprint density at radius 2 is 1.63 bits per heavy atom. The van der Waals surface area contributed by atoms with E-state index in [0.717, 1.165) is 11.6 Å². The van der Waals surface area contributed by atoms with E-state index in [0.29, 0.717) is 41.7 Å². The molecule has 0 radical (unpaired) electrons. The monoisotopic (exact) mass is 535 g/mol. The molecule has 0 saturated heterocycles. The predicted octanol–water partition coefficient (Wildman–Crippen LogP) is 4.08. The highest BCUT2D eigenvalue weighted by Gasteiger charge is 2.14. The Kier molecular flexibility index (Phi) is 10.6. The molecule has 166 valence electrons. The van der Waals surface area contributed by atoms with Crippen LogP contribution in [0.3, 0.4) is 0 Å². The van der Waals surface area contributed by atoms with Gasteiger partial charge in [0.15, 0.2) is 17.6 Å². The summed E-state index contributed by atoms with van der Waals surface area (Å²) in [6.45, 7) is 2.39. The quantitative estimate of drug-likeness (QED) is 0.303. The Hall–Kier alpha value is -2.30. The Labute approximate surface area is 193 Å². The van der Waals surface area contributed by atoms with E-state index in [2.05, 4.69) is 15.6 Å². The van der Waals surface area contributed by atoms with Crippen LogP contribution in [0.1, 0.15) is 24.1 Å². The van der Waals surface area contributed by atoms with Crippen molar-refractivity contribution in [2.24, 2.45) is 4.99 Å². The average Bonchev–Trinajstić information content (AvgIpc) is 2.74. The molecule has 0 saturated carbocycles. The molecular formula is C21H28F2IN3O3. The zero-order chi connectivity index (χ0) is 21.4. The van der Waals surface area contributed by atoms with Crippen LogP contribution >= 0.6 is 24.0 Å². The lowest BCUT2D eigenvalue weighted by molar-refractivity contribution is 0.368. The minimum atomic E-state index is -0.877. The first-order chi connectivity index (χ1) is 13.9. The number of guanidine groups is 1. The van der Waals surface area contributed by atoms with Crippen LogP contribution in [0.4, 0.5) is 8.78 Å². The van der Waals surface area contributed by atoms with Gasteiger partial charge in [0.2, 0.25) is 0 Å². The molecule has 2 N–H and O–H groups in total. The number of rotatable bonds is 8. The standard InChI is InChI=1S/C21H27F2N3O3.HI/c1-13(14-6-7-17(22)18(23)10-14)26-21(24-2)25-9-8-16-19(28-4)11-15(27-3)12-20(16)29-5;/h6-7,10-13H,8-9H2,1-5H3,(H2,24,25,26);1H. The SMILES string of the molecule is CN=C(NCCc1c(OC)cc(OC)cc1OC)NC(C)c1ccc(F)c(F)c1.I. The van der Waals surface area contributed by atoms with Crippen molar-refractivity contribution in [3.05, 3.63) is 53.1 Å². The maximum Gasteiger partial charge on any atom is 0.191 e. The first kappa shape index (κ1) is 25.7. The number of nitrogens with zero attached hydrogens (tertiary/aromatic N) is 1. The second-order valence-electron chi connectivity index (χ2n) is 6.30. The van der Waals surface area contributed by atoms with Gasteiger partial charge >= 0.3 is 0 Å². The molecule has 0 fully saturated rings. The molecule has 0 heterocycles. The number of methoxy groups -OCH3 is 3. The molecule has 0 aliphatic rings. The normalized spacial score (nSPS) is 11.9. The number of hydrogen-bond donors (Lipinski definition) is 2. The third kappa shape index (κ3) is 6.61. The van der Waals surface area contributed by atoms with Crippen LogP contribution in [0.15, 0.2) is 35.3 Å². The Morgan fingerprint density at radius 3 is 2.13 bits per heavy atom. The van der Waals surface area contributed by atoms with Gasteiger partial charge in [-0.25, -0.2) is 8.78 Å². The zero-order valence-electron chi connectivity index (χ0n) is 17.7. The largest absolute Gasteiger partial charge is 0.496 e. The summed E-state index contributed by atoms with van der Waals surface area (Å²) < 4.78 is 42.8. The van der Waals surface area contributed by atoms with E-state index >= 15 is 0 Å². The maximum absolute atomic E-state index is 13.5. The van der Waals surface area contributed by atoms with Crippen molar-refractivity contribution < 1.29 is 23.0 Å². The molecule has 2 aromatic rings. The van der Waals surface area contributed by atoms with E-state index in [4.69, 9.17) is 14.2 Å². The molecule has 0 spiro atoms.